The molecule has 0 aromatic heterocycles. The Morgan fingerprint density at radius 3 is 2.57 bits per heavy atom. The van der Waals surface area contributed by atoms with Crippen LogP contribution in [0, 0.1) is 0 Å². The molecule has 1 saturated heterocycles. The summed E-state index contributed by atoms with van der Waals surface area (Å²) < 4.78 is 11.5. The molecule has 1 aliphatic heterocycles. The Hall–Kier alpha value is -1.51. The van der Waals surface area contributed by atoms with E-state index in [0.29, 0.717) is 56.9 Å². The SMILES string of the molecule is COCCCN1C(=O)S/C(=C/c2cc(Cl)c(OCc3ccc(Cl)cc3)c(Br)c2)C1=O. The fourth-order valence-corrected chi connectivity index (χ4v) is 4.73. The fraction of sp³-hybridized carbons (Fsp3) is 0.238. The standard InChI is InChI=1S/C21H18BrCl2NO4S/c1-28-8-2-7-25-20(26)18(30-21(25)27)11-14-9-16(22)19(17(24)10-14)29-12-13-3-5-15(23)6-4-13/h3-6,9-11H,2,7-8,12H2,1H3/b18-11+. The zero-order chi connectivity index (χ0) is 21.7. The van der Waals surface area contributed by atoms with Crippen molar-refractivity contribution in [2.75, 3.05) is 20.3 Å². The van der Waals surface area contributed by atoms with Crippen LogP contribution in [0.2, 0.25) is 10.0 Å². The van der Waals surface area contributed by atoms with Gasteiger partial charge in [-0.1, -0.05) is 35.3 Å². The van der Waals surface area contributed by atoms with E-state index in [1.165, 1.54) is 4.90 Å². The maximum absolute atomic E-state index is 12.5. The molecule has 9 heteroatoms. The number of carbonyl (C=O) groups excluding carboxylic acids is 2. The maximum Gasteiger partial charge on any atom is 0.293 e. The second kappa shape index (κ2) is 10.7. The van der Waals surface area contributed by atoms with E-state index in [1.54, 1.807) is 37.5 Å². The van der Waals surface area contributed by atoms with Crippen molar-refractivity contribution in [2.45, 2.75) is 13.0 Å². The van der Waals surface area contributed by atoms with Crippen LogP contribution in [0.25, 0.3) is 6.08 Å². The van der Waals surface area contributed by atoms with Crippen molar-refractivity contribution in [1.29, 1.82) is 0 Å². The number of benzene rings is 2. The van der Waals surface area contributed by atoms with Crippen LogP contribution in [0.15, 0.2) is 45.8 Å². The molecule has 0 saturated carbocycles. The Balaban J connectivity index is 1.72. The first-order chi connectivity index (χ1) is 14.4. The van der Waals surface area contributed by atoms with Crippen LogP contribution in [-0.4, -0.2) is 36.3 Å². The molecule has 2 aromatic carbocycles. The lowest BCUT2D eigenvalue weighted by Crippen LogP contribution is -2.29. The quantitative estimate of drug-likeness (QED) is 0.291. The van der Waals surface area contributed by atoms with Crippen LogP contribution < -0.4 is 4.74 Å². The van der Waals surface area contributed by atoms with Gasteiger partial charge >= 0.3 is 0 Å². The Bertz CT molecular complexity index is 958. The Kier molecular flexibility index (Phi) is 8.25. The second-order valence-electron chi connectivity index (χ2n) is 6.41. The van der Waals surface area contributed by atoms with E-state index in [-0.39, 0.29) is 11.1 Å². The van der Waals surface area contributed by atoms with Gasteiger partial charge in [0.25, 0.3) is 11.1 Å². The summed E-state index contributed by atoms with van der Waals surface area (Å²) in [5.41, 5.74) is 1.64. The second-order valence-corrected chi connectivity index (χ2v) is 9.10. The number of hydrogen-bond donors (Lipinski definition) is 0. The summed E-state index contributed by atoms with van der Waals surface area (Å²) in [7, 11) is 1.58. The normalized spacial score (nSPS) is 15.3. The third-order valence-corrected chi connectivity index (χ3v) is 6.25. The van der Waals surface area contributed by atoms with Gasteiger partial charge in [-0.3, -0.25) is 14.5 Å². The molecule has 0 aliphatic carbocycles. The van der Waals surface area contributed by atoms with Crippen molar-refractivity contribution in [3.8, 4) is 5.75 Å². The average Bonchev–Trinajstić information content (AvgIpc) is 2.96. The molecule has 0 atom stereocenters. The third-order valence-electron chi connectivity index (χ3n) is 4.22. The van der Waals surface area contributed by atoms with Crippen molar-refractivity contribution in [3.05, 3.63) is 66.9 Å². The minimum Gasteiger partial charge on any atom is -0.486 e. The molecule has 0 radical (unpaired) electrons. The number of thioether (sulfide) groups is 1. The highest BCUT2D eigenvalue weighted by atomic mass is 79.9. The summed E-state index contributed by atoms with van der Waals surface area (Å²) in [5, 5.41) is 0.768. The minimum atomic E-state index is -0.309. The van der Waals surface area contributed by atoms with Crippen molar-refractivity contribution < 1.29 is 19.1 Å². The predicted molar refractivity (Wildman–Crippen MR) is 124 cm³/mol. The van der Waals surface area contributed by atoms with Gasteiger partial charge in [-0.2, -0.15) is 0 Å². The third kappa shape index (κ3) is 5.80. The highest BCUT2D eigenvalue weighted by molar-refractivity contribution is 9.10. The predicted octanol–water partition coefficient (Wildman–Crippen LogP) is 6.41. The number of halogens is 3. The van der Waals surface area contributed by atoms with Crippen molar-refractivity contribution in [1.82, 2.24) is 4.90 Å². The summed E-state index contributed by atoms with van der Waals surface area (Å²) in [6, 6.07) is 10.8. The molecule has 30 heavy (non-hydrogen) atoms. The fourth-order valence-electron chi connectivity index (χ4n) is 2.75. The van der Waals surface area contributed by atoms with Gasteiger partial charge in [0.2, 0.25) is 0 Å². The molecule has 2 aromatic rings. The van der Waals surface area contributed by atoms with E-state index in [1.807, 2.05) is 12.1 Å². The van der Waals surface area contributed by atoms with Crippen LogP contribution in [0.1, 0.15) is 17.5 Å². The van der Waals surface area contributed by atoms with Crippen LogP contribution in [0.3, 0.4) is 0 Å². The lowest BCUT2D eigenvalue weighted by Gasteiger charge is -2.12. The number of carbonyl (C=O) groups is 2. The van der Waals surface area contributed by atoms with Crippen molar-refractivity contribution in [3.63, 3.8) is 0 Å². The molecule has 0 bridgehead atoms. The molecular weight excluding hydrogens is 513 g/mol. The largest absolute Gasteiger partial charge is 0.486 e. The van der Waals surface area contributed by atoms with E-state index in [2.05, 4.69) is 15.9 Å². The zero-order valence-electron chi connectivity index (χ0n) is 16.0. The Labute approximate surface area is 197 Å². The van der Waals surface area contributed by atoms with Gasteiger partial charge in [0.1, 0.15) is 6.61 Å². The van der Waals surface area contributed by atoms with Crippen LogP contribution in [0.5, 0.6) is 5.75 Å². The molecule has 1 fully saturated rings. The number of hydrogen-bond acceptors (Lipinski definition) is 5. The first-order valence-corrected chi connectivity index (χ1v) is 11.4. The minimum absolute atomic E-state index is 0.282. The van der Waals surface area contributed by atoms with Crippen molar-refractivity contribution in [2.24, 2.45) is 0 Å². The molecule has 158 valence electrons. The van der Waals surface area contributed by atoms with E-state index in [4.69, 9.17) is 32.7 Å². The van der Waals surface area contributed by atoms with E-state index in [0.717, 1.165) is 17.3 Å². The molecule has 0 spiro atoms. The van der Waals surface area contributed by atoms with Gasteiger partial charge in [-0.15, -0.1) is 0 Å². The van der Waals surface area contributed by atoms with Gasteiger partial charge < -0.3 is 9.47 Å². The van der Waals surface area contributed by atoms with E-state index >= 15 is 0 Å². The summed E-state index contributed by atoms with van der Waals surface area (Å²) in [6.07, 6.45) is 2.25. The lowest BCUT2D eigenvalue weighted by molar-refractivity contribution is -0.122. The van der Waals surface area contributed by atoms with E-state index < -0.39 is 0 Å². The van der Waals surface area contributed by atoms with Gasteiger partial charge in [0, 0.05) is 25.3 Å². The van der Waals surface area contributed by atoms with Gasteiger partial charge in [0.15, 0.2) is 5.75 Å². The molecule has 0 N–H and O–H groups in total. The lowest BCUT2D eigenvalue weighted by atomic mass is 10.2. The Morgan fingerprint density at radius 1 is 1.17 bits per heavy atom. The smallest absolute Gasteiger partial charge is 0.293 e. The van der Waals surface area contributed by atoms with Gasteiger partial charge in [-0.05, 0) is 75.6 Å². The number of imide groups is 1. The molecule has 5 nitrogen and oxygen atoms in total. The van der Waals surface area contributed by atoms with Crippen molar-refractivity contribution >= 4 is 68.1 Å². The van der Waals surface area contributed by atoms with Crippen LogP contribution in [-0.2, 0) is 16.1 Å². The monoisotopic (exact) mass is 529 g/mol. The molecule has 0 unspecified atom stereocenters. The molecule has 3 rings (SSSR count). The highest BCUT2D eigenvalue weighted by Crippen LogP contribution is 2.38. The number of amides is 2. The molecular formula is C21H18BrCl2NO4S. The summed E-state index contributed by atoms with van der Waals surface area (Å²) in [5.74, 6) is 0.188. The number of ether oxygens (including phenoxy) is 2. The number of methoxy groups -OCH3 is 1. The zero-order valence-corrected chi connectivity index (χ0v) is 19.9. The summed E-state index contributed by atoms with van der Waals surface area (Å²) >= 11 is 16.7. The van der Waals surface area contributed by atoms with Crippen LogP contribution >= 0.6 is 50.9 Å². The first kappa shape index (κ1) is 23.2. The number of nitrogens with zero attached hydrogens (tertiary/aromatic N) is 1. The number of rotatable bonds is 8. The molecule has 1 aliphatic rings. The maximum atomic E-state index is 12.5. The topological polar surface area (TPSA) is 55.8 Å². The average molecular weight is 531 g/mol. The van der Waals surface area contributed by atoms with Crippen LogP contribution in [0.4, 0.5) is 4.79 Å². The molecule has 1 heterocycles. The summed E-state index contributed by atoms with van der Waals surface area (Å²) in [4.78, 5) is 26.3. The Morgan fingerprint density at radius 2 is 1.90 bits per heavy atom. The highest BCUT2D eigenvalue weighted by Gasteiger charge is 2.34. The van der Waals surface area contributed by atoms with Gasteiger partial charge in [0.05, 0.1) is 14.4 Å². The van der Waals surface area contributed by atoms with E-state index in [9.17, 15) is 9.59 Å². The first-order valence-electron chi connectivity index (χ1n) is 8.99. The summed E-state index contributed by atoms with van der Waals surface area (Å²) in [6.45, 7) is 1.15. The molecule has 2 amide bonds. The van der Waals surface area contributed by atoms with Gasteiger partial charge in [-0.25, -0.2) is 0 Å².